The van der Waals surface area contributed by atoms with Crippen LogP contribution in [0.1, 0.15) is 9.67 Å². The van der Waals surface area contributed by atoms with Crippen LogP contribution in [0.25, 0.3) is 5.69 Å². The molecule has 0 aliphatic heterocycles. The smallest absolute Gasteiger partial charge is 0.350 e. The summed E-state index contributed by atoms with van der Waals surface area (Å²) in [4.78, 5) is 23.8. The van der Waals surface area contributed by atoms with Crippen molar-refractivity contribution in [1.82, 2.24) is 4.57 Å². The first-order valence-corrected chi connectivity index (χ1v) is 7.16. The molecule has 0 unspecified atom stereocenters. The number of para-hydroxylation sites is 1. The highest BCUT2D eigenvalue weighted by Gasteiger charge is 2.21. The first-order valence-electron chi connectivity index (χ1n) is 5.12. The van der Waals surface area contributed by atoms with Crippen LogP contribution in [-0.2, 0) is 4.74 Å². The minimum Gasteiger partial charge on any atom is -0.465 e. The standard InChI is InChI=1S/C12H11NO3S2/c1-16-11(14)9-10(17-2)13(12(15)18-9)8-6-4-3-5-7-8/h3-7H,1-2H3. The Morgan fingerprint density at radius 1 is 1.33 bits per heavy atom. The van der Waals surface area contributed by atoms with Gasteiger partial charge in [0.1, 0.15) is 9.90 Å². The van der Waals surface area contributed by atoms with E-state index in [9.17, 15) is 9.59 Å². The monoisotopic (exact) mass is 281 g/mol. The van der Waals surface area contributed by atoms with Gasteiger partial charge in [-0.1, -0.05) is 29.5 Å². The van der Waals surface area contributed by atoms with Gasteiger partial charge in [0.2, 0.25) is 0 Å². The van der Waals surface area contributed by atoms with E-state index in [0.717, 1.165) is 17.0 Å². The number of esters is 1. The second-order valence-corrected chi connectivity index (χ2v) is 5.13. The Morgan fingerprint density at radius 2 is 2.00 bits per heavy atom. The molecule has 0 radical (unpaired) electrons. The summed E-state index contributed by atoms with van der Waals surface area (Å²) in [7, 11) is 1.31. The van der Waals surface area contributed by atoms with Crippen molar-refractivity contribution in [2.24, 2.45) is 0 Å². The molecule has 0 spiro atoms. The third-order valence-corrected chi connectivity index (χ3v) is 4.17. The third kappa shape index (κ3) is 2.21. The predicted octanol–water partition coefficient (Wildman–Crippen LogP) is 2.41. The maximum absolute atomic E-state index is 12.0. The van der Waals surface area contributed by atoms with Crippen molar-refractivity contribution in [3.05, 3.63) is 44.9 Å². The van der Waals surface area contributed by atoms with Crippen molar-refractivity contribution in [2.75, 3.05) is 13.4 Å². The molecule has 1 aromatic heterocycles. The Hall–Kier alpha value is -1.53. The fourth-order valence-electron chi connectivity index (χ4n) is 1.57. The Kier molecular flexibility index (Phi) is 3.88. The summed E-state index contributed by atoms with van der Waals surface area (Å²) in [6.07, 6.45) is 1.83. The van der Waals surface area contributed by atoms with Gasteiger partial charge in [-0.3, -0.25) is 9.36 Å². The number of hydrogen-bond donors (Lipinski definition) is 0. The third-order valence-electron chi connectivity index (χ3n) is 2.35. The number of hydrogen-bond acceptors (Lipinski definition) is 5. The number of carbonyl (C=O) groups excluding carboxylic acids is 1. The maximum Gasteiger partial charge on any atom is 0.350 e. The summed E-state index contributed by atoms with van der Waals surface area (Å²) >= 11 is 2.26. The minimum absolute atomic E-state index is 0.189. The molecule has 0 saturated carbocycles. The fourth-order valence-corrected chi connectivity index (χ4v) is 3.45. The lowest BCUT2D eigenvalue weighted by Crippen LogP contribution is -2.11. The zero-order valence-electron chi connectivity index (χ0n) is 9.88. The van der Waals surface area contributed by atoms with Gasteiger partial charge in [0, 0.05) is 0 Å². The van der Waals surface area contributed by atoms with Gasteiger partial charge < -0.3 is 4.74 Å². The molecule has 0 amide bonds. The quantitative estimate of drug-likeness (QED) is 0.640. The summed E-state index contributed by atoms with van der Waals surface area (Å²) in [5.74, 6) is -0.476. The highest BCUT2D eigenvalue weighted by atomic mass is 32.2. The van der Waals surface area contributed by atoms with E-state index < -0.39 is 5.97 Å². The molecule has 1 heterocycles. The second-order valence-electron chi connectivity index (χ2n) is 3.37. The topological polar surface area (TPSA) is 48.3 Å². The lowest BCUT2D eigenvalue weighted by Gasteiger charge is -2.06. The van der Waals surface area contributed by atoms with Crippen LogP contribution in [0.4, 0.5) is 0 Å². The predicted molar refractivity (Wildman–Crippen MR) is 73.0 cm³/mol. The Bertz CT molecular complexity index is 616. The van der Waals surface area contributed by atoms with Crippen molar-refractivity contribution in [3.63, 3.8) is 0 Å². The van der Waals surface area contributed by atoms with Crippen LogP contribution in [0.15, 0.2) is 40.2 Å². The van der Waals surface area contributed by atoms with Gasteiger partial charge in [0.15, 0.2) is 0 Å². The molecule has 4 nitrogen and oxygen atoms in total. The Labute approximate surface area is 112 Å². The number of rotatable bonds is 3. The van der Waals surface area contributed by atoms with E-state index in [1.807, 2.05) is 36.6 Å². The van der Waals surface area contributed by atoms with Gasteiger partial charge in [-0.05, 0) is 18.4 Å². The van der Waals surface area contributed by atoms with Gasteiger partial charge in [-0.15, -0.1) is 11.8 Å². The zero-order valence-corrected chi connectivity index (χ0v) is 11.5. The summed E-state index contributed by atoms with van der Waals surface area (Å²) in [6.45, 7) is 0. The van der Waals surface area contributed by atoms with E-state index >= 15 is 0 Å². The van der Waals surface area contributed by atoms with Gasteiger partial charge in [-0.2, -0.15) is 0 Å². The van der Waals surface area contributed by atoms with Gasteiger partial charge in [0.05, 0.1) is 12.8 Å². The van der Waals surface area contributed by atoms with E-state index in [-0.39, 0.29) is 4.87 Å². The van der Waals surface area contributed by atoms with Crippen molar-refractivity contribution in [2.45, 2.75) is 5.03 Å². The highest BCUT2D eigenvalue weighted by molar-refractivity contribution is 7.98. The number of thioether (sulfide) groups is 1. The van der Waals surface area contributed by atoms with Crippen molar-refractivity contribution in [3.8, 4) is 5.69 Å². The molecule has 0 bridgehead atoms. The molecule has 1 aromatic carbocycles. The van der Waals surface area contributed by atoms with E-state index in [0.29, 0.717) is 9.90 Å². The molecule has 0 saturated heterocycles. The molecule has 0 aliphatic rings. The van der Waals surface area contributed by atoms with Gasteiger partial charge in [-0.25, -0.2) is 4.79 Å². The molecule has 2 aromatic rings. The lowest BCUT2D eigenvalue weighted by atomic mass is 10.3. The molecular formula is C12H11NO3S2. The first-order chi connectivity index (χ1) is 8.69. The average Bonchev–Trinajstić information content (AvgIpc) is 2.75. The molecular weight excluding hydrogens is 270 g/mol. The van der Waals surface area contributed by atoms with E-state index in [1.54, 1.807) is 0 Å². The molecule has 18 heavy (non-hydrogen) atoms. The molecule has 0 fully saturated rings. The number of benzene rings is 1. The van der Waals surface area contributed by atoms with Crippen molar-refractivity contribution >= 4 is 29.1 Å². The molecule has 94 valence electrons. The fraction of sp³-hybridized carbons (Fsp3) is 0.167. The van der Waals surface area contributed by atoms with Crippen LogP contribution in [0.2, 0.25) is 0 Å². The number of carbonyl (C=O) groups is 1. The van der Waals surface area contributed by atoms with Crippen LogP contribution >= 0.6 is 23.1 Å². The molecule has 0 aliphatic carbocycles. The minimum atomic E-state index is -0.476. The summed E-state index contributed by atoms with van der Waals surface area (Å²) < 4.78 is 6.22. The largest absolute Gasteiger partial charge is 0.465 e. The number of nitrogens with zero attached hydrogens (tertiary/aromatic N) is 1. The number of ether oxygens (including phenoxy) is 1. The summed E-state index contributed by atoms with van der Waals surface area (Å²) in [5, 5.41) is 0.614. The lowest BCUT2D eigenvalue weighted by molar-refractivity contribution is 0.0602. The number of aromatic nitrogens is 1. The molecule has 0 atom stereocenters. The van der Waals surface area contributed by atoms with Crippen LogP contribution in [0.3, 0.4) is 0 Å². The van der Waals surface area contributed by atoms with Crippen LogP contribution in [-0.4, -0.2) is 23.9 Å². The Morgan fingerprint density at radius 3 is 2.56 bits per heavy atom. The number of thiazole rings is 1. The van der Waals surface area contributed by atoms with Gasteiger partial charge >= 0.3 is 10.8 Å². The van der Waals surface area contributed by atoms with Crippen molar-refractivity contribution < 1.29 is 9.53 Å². The number of methoxy groups -OCH3 is 1. The van der Waals surface area contributed by atoms with Gasteiger partial charge in [0.25, 0.3) is 0 Å². The zero-order chi connectivity index (χ0) is 13.1. The molecule has 6 heteroatoms. The Balaban J connectivity index is 2.65. The van der Waals surface area contributed by atoms with Crippen LogP contribution in [0.5, 0.6) is 0 Å². The summed E-state index contributed by atoms with van der Waals surface area (Å²) in [6, 6.07) is 9.23. The molecule has 0 N–H and O–H groups in total. The van der Waals surface area contributed by atoms with E-state index in [4.69, 9.17) is 0 Å². The van der Waals surface area contributed by atoms with Crippen molar-refractivity contribution in [1.29, 1.82) is 0 Å². The van der Waals surface area contributed by atoms with Crippen LogP contribution < -0.4 is 4.87 Å². The molecule has 2 rings (SSSR count). The summed E-state index contributed by atoms with van der Waals surface area (Å²) in [5.41, 5.74) is 0.748. The van der Waals surface area contributed by atoms with E-state index in [2.05, 4.69) is 4.74 Å². The van der Waals surface area contributed by atoms with Crippen LogP contribution in [0, 0.1) is 0 Å². The first kappa shape index (κ1) is 12.9. The average molecular weight is 281 g/mol. The second kappa shape index (κ2) is 5.41. The SMILES string of the molecule is COC(=O)c1sc(=O)n(-c2ccccc2)c1SC. The maximum atomic E-state index is 12.0. The highest BCUT2D eigenvalue weighted by Crippen LogP contribution is 2.26. The van der Waals surface area contributed by atoms with E-state index in [1.165, 1.54) is 23.4 Å². The normalized spacial score (nSPS) is 10.3.